The Morgan fingerprint density at radius 1 is 1.00 bits per heavy atom. The lowest BCUT2D eigenvalue weighted by Crippen LogP contribution is -2.26. The number of rotatable bonds is 7. The van der Waals surface area contributed by atoms with Gasteiger partial charge in [0.15, 0.2) is 5.65 Å². The minimum Gasteiger partial charge on any atom is -0.353 e. The number of fused-ring (bicyclic) bond motifs is 1. The third-order valence-corrected chi connectivity index (χ3v) is 6.77. The van der Waals surface area contributed by atoms with E-state index in [9.17, 15) is 18.0 Å². The van der Waals surface area contributed by atoms with Crippen molar-refractivity contribution in [1.29, 1.82) is 0 Å². The molecule has 4 aromatic rings. The number of carbonyl (C=O) groups is 1. The Hall–Kier alpha value is -4.12. The average Bonchev–Trinajstić information content (AvgIpc) is 3.43. The van der Waals surface area contributed by atoms with Crippen LogP contribution in [0.1, 0.15) is 40.2 Å². The number of aryl methyl sites for hydroxylation is 2. The van der Waals surface area contributed by atoms with Gasteiger partial charge in [0.2, 0.25) is 5.95 Å². The van der Waals surface area contributed by atoms with E-state index in [4.69, 9.17) is 4.98 Å². The van der Waals surface area contributed by atoms with Crippen LogP contribution < -0.4 is 10.6 Å². The molecule has 3 aromatic heterocycles. The van der Waals surface area contributed by atoms with Gasteiger partial charge in [-0.25, -0.2) is 9.97 Å². The Balaban J connectivity index is 1.35. The van der Waals surface area contributed by atoms with Gasteiger partial charge in [0.25, 0.3) is 5.91 Å². The summed E-state index contributed by atoms with van der Waals surface area (Å²) in [7, 11) is 0. The summed E-state index contributed by atoms with van der Waals surface area (Å²) in [6, 6.07) is 9.26. The van der Waals surface area contributed by atoms with Crippen molar-refractivity contribution in [3.05, 3.63) is 71.3 Å². The Bertz CT molecular complexity index is 1520. The molecule has 0 unspecified atom stereocenters. The van der Waals surface area contributed by atoms with Crippen LogP contribution in [0.25, 0.3) is 22.2 Å². The summed E-state index contributed by atoms with van der Waals surface area (Å²) in [5.74, 6) is -0.128. The number of carbonyl (C=O) groups excluding carboxylic acids is 1. The summed E-state index contributed by atoms with van der Waals surface area (Å²) < 4.78 is 39.0. The van der Waals surface area contributed by atoms with E-state index in [1.54, 1.807) is 18.3 Å². The SMILES string of the molecule is Cc1ccc(NC(=O)c2ccnc(C(F)(F)F)c2)cc1-c1cc2cnc(NCCN3CCCC3)nc2nc1C. The molecule has 5 rings (SSSR count). The molecule has 0 saturated carbocycles. The highest BCUT2D eigenvalue weighted by molar-refractivity contribution is 6.04. The number of anilines is 2. The molecule has 11 heteroatoms. The smallest absolute Gasteiger partial charge is 0.353 e. The Morgan fingerprint density at radius 2 is 1.79 bits per heavy atom. The standard InChI is InChI=1S/C28H28F3N7O/c1-17-5-6-21(36-26(39)19-7-8-32-24(14-19)28(29,30)31)15-22(17)23-13-20-16-34-27(37-25(20)35-18(23)2)33-9-12-38-10-3-4-11-38/h5-8,13-16H,3-4,9-12H2,1-2H3,(H,36,39)(H,33,34,35,37). The molecule has 202 valence electrons. The second kappa shape index (κ2) is 10.9. The number of halogens is 3. The van der Waals surface area contributed by atoms with Crippen molar-refractivity contribution in [1.82, 2.24) is 24.8 Å². The molecule has 4 heterocycles. The number of likely N-dealkylation sites (tertiary alicyclic amines) is 1. The minimum absolute atomic E-state index is 0.134. The Morgan fingerprint density at radius 3 is 2.56 bits per heavy atom. The number of alkyl halides is 3. The van der Waals surface area contributed by atoms with Crippen LogP contribution in [0.15, 0.2) is 48.8 Å². The van der Waals surface area contributed by atoms with Crippen LogP contribution in [0, 0.1) is 13.8 Å². The predicted octanol–water partition coefficient (Wildman–Crippen LogP) is 5.48. The van der Waals surface area contributed by atoms with E-state index in [1.165, 1.54) is 18.9 Å². The van der Waals surface area contributed by atoms with E-state index < -0.39 is 17.8 Å². The van der Waals surface area contributed by atoms with E-state index in [-0.39, 0.29) is 5.56 Å². The second-order valence-corrected chi connectivity index (χ2v) is 9.61. The van der Waals surface area contributed by atoms with E-state index in [1.807, 2.05) is 26.0 Å². The van der Waals surface area contributed by atoms with Crippen molar-refractivity contribution in [3.63, 3.8) is 0 Å². The van der Waals surface area contributed by atoms with Crippen LogP contribution in [-0.4, -0.2) is 56.9 Å². The third kappa shape index (κ3) is 6.14. The van der Waals surface area contributed by atoms with Crippen molar-refractivity contribution in [2.45, 2.75) is 32.9 Å². The molecule has 8 nitrogen and oxygen atoms in total. The Kier molecular flexibility index (Phi) is 7.42. The van der Waals surface area contributed by atoms with Gasteiger partial charge < -0.3 is 15.5 Å². The number of aromatic nitrogens is 4. The van der Waals surface area contributed by atoms with Gasteiger partial charge in [0.1, 0.15) is 5.69 Å². The van der Waals surface area contributed by atoms with Crippen molar-refractivity contribution in [2.24, 2.45) is 0 Å². The number of hydrogen-bond acceptors (Lipinski definition) is 7. The first kappa shape index (κ1) is 26.5. The van der Waals surface area contributed by atoms with Crippen LogP contribution in [0.5, 0.6) is 0 Å². The normalized spacial score (nSPS) is 14.1. The van der Waals surface area contributed by atoms with E-state index in [0.29, 0.717) is 17.3 Å². The van der Waals surface area contributed by atoms with Crippen LogP contribution in [-0.2, 0) is 6.18 Å². The molecule has 39 heavy (non-hydrogen) atoms. The van der Waals surface area contributed by atoms with Gasteiger partial charge in [-0.15, -0.1) is 0 Å². The quantitative estimate of drug-likeness (QED) is 0.323. The lowest BCUT2D eigenvalue weighted by Gasteiger charge is -2.15. The number of nitrogens with zero attached hydrogens (tertiary/aromatic N) is 5. The third-order valence-electron chi connectivity index (χ3n) is 6.77. The average molecular weight is 536 g/mol. The summed E-state index contributed by atoms with van der Waals surface area (Å²) >= 11 is 0. The predicted molar refractivity (Wildman–Crippen MR) is 144 cm³/mol. The van der Waals surface area contributed by atoms with Gasteiger partial charge in [-0.3, -0.25) is 9.78 Å². The highest BCUT2D eigenvalue weighted by atomic mass is 19.4. The van der Waals surface area contributed by atoms with E-state index in [2.05, 4.69) is 30.5 Å². The van der Waals surface area contributed by atoms with Crippen LogP contribution in [0.3, 0.4) is 0 Å². The van der Waals surface area contributed by atoms with Crippen molar-refractivity contribution >= 4 is 28.6 Å². The van der Waals surface area contributed by atoms with Gasteiger partial charge in [-0.05, 0) is 81.2 Å². The first-order valence-corrected chi connectivity index (χ1v) is 12.7. The lowest BCUT2D eigenvalue weighted by atomic mass is 9.98. The van der Waals surface area contributed by atoms with E-state index >= 15 is 0 Å². The largest absolute Gasteiger partial charge is 0.433 e. The fraction of sp³-hybridized carbons (Fsp3) is 0.321. The molecule has 1 fully saturated rings. The molecule has 0 spiro atoms. The molecule has 1 amide bonds. The topological polar surface area (TPSA) is 95.9 Å². The number of hydrogen-bond donors (Lipinski definition) is 2. The van der Waals surface area contributed by atoms with Gasteiger partial charge in [0.05, 0.1) is 0 Å². The summed E-state index contributed by atoms with van der Waals surface area (Å²) in [5.41, 5.74) is 3.14. The summed E-state index contributed by atoms with van der Waals surface area (Å²) in [5, 5.41) is 6.74. The van der Waals surface area contributed by atoms with Crippen LogP contribution in [0.2, 0.25) is 0 Å². The number of benzene rings is 1. The van der Waals surface area contributed by atoms with Crippen molar-refractivity contribution in [2.75, 3.05) is 36.8 Å². The summed E-state index contributed by atoms with van der Waals surface area (Å²) in [6.45, 7) is 7.80. The number of pyridine rings is 2. The van der Waals surface area contributed by atoms with E-state index in [0.717, 1.165) is 66.2 Å². The van der Waals surface area contributed by atoms with Crippen molar-refractivity contribution < 1.29 is 18.0 Å². The lowest BCUT2D eigenvalue weighted by molar-refractivity contribution is -0.141. The molecule has 1 aliphatic heterocycles. The minimum atomic E-state index is -4.64. The van der Waals surface area contributed by atoms with Gasteiger partial charge in [-0.1, -0.05) is 6.07 Å². The van der Waals surface area contributed by atoms with Gasteiger partial charge in [-0.2, -0.15) is 18.2 Å². The zero-order chi connectivity index (χ0) is 27.6. The molecule has 1 aliphatic rings. The first-order valence-electron chi connectivity index (χ1n) is 12.7. The number of nitrogens with one attached hydrogen (secondary N) is 2. The molecular formula is C28H28F3N7O. The van der Waals surface area contributed by atoms with Crippen LogP contribution >= 0.6 is 0 Å². The van der Waals surface area contributed by atoms with Gasteiger partial charge in [0, 0.05) is 53.4 Å². The second-order valence-electron chi connectivity index (χ2n) is 9.61. The molecular weight excluding hydrogens is 507 g/mol. The zero-order valence-corrected chi connectivity index (χ0v) is 21.6. The molecule has 1 saturated heterocycles. The molecule has 2 N–H and O–H groups in total. The molecule has 0 atom stereocenters. The molecule has 0 aliphatic carbocycles. The highest BCUT2D eigenvalue weighted by Gasteiger charge is 2.33. The molecule has 1 aromatic carbocycles. The first-order chi connectivity index (χ1) is 18.7. The summed E-state index contributed by atoms with van der Waals surface area (Å²) in [6.07, 6.45) is 0.570. The maximum absolute atomic E-state index is 13.0. The molecule has 0 radical (unpaired) electrons. The monoisotopic (exact) mass is 535 g/mol. The summed E-state index contributed by atoms with van der Waals surface area (Å²) in [4.78, 5) is 32.2. The zero-order valence-electron chi connectivity index (χ0n) is 21.6. The van der Waals surface area contributed by atoms with Crippen LogP contribution in [0.4, 0.5) is 24.8 Å². The van der Waals surface area contributed by atoms with Crippen molar-refractivity contribution in [3.8, 4) is 11.1 Å². The Labute approximate surface area is 223 Å². The fourth-order valence-electron chi connectivity index (χ4n) is 4.66. The maximum Gasteiger partial charge on any atom is 0.433 e. The maximum atomic E-state index is 13.0. The van der Waals surface area contributed by atoms with Gasteiger partial charge >= 0.3 is 6.18 Å². The highest BCUT2D eigenvalue weighted by Crippen LogP contribution is 2.31. The molecule has 0 bridgehead atoms. The number of amides is 1. The fourth-order valence-corrected chi connectivity index (χ4v) is 4.66.